The number of rotatable bonds is 2. The van der Waals surface area contributed by atoms with Crippen molar-refractivity contribution in [3.05, 3.63) is 48.2 Å². The largest absolute Gasteiger partial charge is 0.371 e. The second-order valence-electron chi connectivity index (χ2n) is 3.99. The normalized spacial score (nSPS) is 10.9. The lowest BCUT2D eigenvalue weighted by atomic mass is 10.2. The zero-order chi connectivity index (χ0) is 13.4. The van der Waals surface area contributed by atoms with Crippen LogP contribution in [0.5, 0.6) is 0 Å². The number of aromatic nitrogens is 3. The van der Waals surface area contributed by atoms with Crippen LogP contribution in [0.2, 0.25) is 0 Å². The van der Waals surface area contributed by atoms with Crippen molar-refractivity contribution in [1.29, 1.82) is 0 Å². The fraction of sp³-hybridized carbons (Fsp3) is 0.0769. The van der Waals surface area contributed by atoms with Gasteiger partial charge < -0.3 is 5.32 Å². The van der Waals surface area contributed by atoms with E-state index in [1.165, 1.54) is 11.7 Å². The van der Waals surface area contributed by atoms with Crippen molar-refractivity contribution in [2.45, 2.75) is 0 Å². The molecule has 2 aromatic heterocycles. The second kappa shape index (κ2) is 4.31. The molecule has 0 bridgehead atoms. The number of hydrogen-bond acceptors (Lipinski definition) is 3. The van der Waals surface area contributed by atoms with Crippen LogP contribution in [0.4, 0.5) is 14.6 Å². The molecule has 0 spiro atoms. The summed E-state index contributed by atoms with van der Waals surface area (Å²) in [7, 11) is 1.52. The van der Waals surface area contributed by atoms with Gasteiger partial charge in [0.15, 0.2) is 23.3 Å². The highest BCUT2D eigenvalue weighted by Gasteiger charge is 2.15. The summed E-state index contributed by atoms with van der Waals surface area (Å²) in [6.45, 7) is 0. The van der Waals surface area contributed by atoms with Gasteiger partial charge in [-0.15, -0.1) is 0 Å². The van der Waals surface area contributed by atoms with Gasteiger partial charge >= 0.3 is 0 Å². The molecular weight excluding hydrogens is 250 g/mol. The van der Waals surface area contributed by atoms with E-state index in [0.717, 1.165) is 11.5 Å². The summed E-state index contributed by atoms with van der Waals surface area (Å²) in [6, 6.07) is 8.14. The van der Waals surface area contributed by atoms with Gasteiger partial charge in [-0.1, -0.05) is 18.2 Å². The molecule has 0 radical (unpaired) electrons. The molecule has 6 heteroatoms. The molecule has 19 heavy (non-hydrogen) atoms. The van der Waals surface area contributed by atoms with Crippen molar-refractivity contribution in [2.75, 3.05) is 12.4 Å². The molecule has 1 N–H and O–H groups in total. The number of anilines is 1. The van der Waals surface area contributed by atoms with E-state index in [-0.39, 0.29) is 11.6 Å². The molecular formula is C13H10F2N4. The third kappa shape index (κ3) is 1.81. The van der Waals surface area contributed by atoms with E-state index < -0.39 is 11.6 Å². The average molecular weight is 260 g/mol. The van der Waals surface area contributed by atoms with E-state index >= 15 is 0 Å². The molecule has 0 aliphatic heterocycles. The number of para-hydroxylation sites is 1. The summed E-state index contributed by atoms with van der Waals surface area (Å²) in [5.74, 6) is -1.55. The maximum absolute atomic E-state index is 13.9. The van der Waals surface area contributed by atoms with Crippen molar-refractivity contribution in [2.24, 2.45) is 0 Å². The van der Waals surface area contributed by atoms with Crippen LogP contribution in [0.3, 0.4) is 0 Å². The van der Waals surface area contributed by atoms with Gasteiger partial charge in [0, 0.05) is 18.5 Å². The van der Waals surface area contributed by atoms with Crippen LogP contribution in [0.15, 0.2) is 36.5 Å². The van der Waals surface area contributed by atoms with Crippen LogP contribution in [0.25, 0.3) is 16.7 Å². The third-order valence-corrected chi connectivity index (χ3v) is 2.83. The van der Waals surface area contributed by atoms with Crippen molar-refractivity contribution in [1.82, 2.24) is 14.8 Å². The first-order valence-electron chi connectivity index (χ1n) is 5.67. The van der Waals surface area contributed by atoms with Gasteiger partial charge in [0.2, 0.25) is 0 Å². The molecule has 0 fully saturated rings. The quantitative estimate of drug-likeness (QED) is 0.770. The van der Waals surface area contributed by atoms with E-state index in [1.807, 2.05) is 18.2 Å². The summed E-state index contributed by atoms with van der Waals surface area (Å²) in [6.07, 6.45) is 1.61. The Bertz CT molecular complexity index is 751. The molecule has 1 aromatic carbocycles. The Hall–Kier alpha value is -2.50. The number of nitrogens with zero attached hydrogens (tertiary/aromatic N) is 3. The number of nitrogens with one attached hydrogen (secondary N) is 1. The van der Waals surface area contributed by atoms with Gasteiger partial charge in [-0.25, -0.2) is 18.4 Å². The molecule has 0 unspecified atom stereocenters. The minimum absolute atomic E-state index is 0.0176. The highest BCUT2D eigenvalue weighted by atomic mass is 19.1. The molecule has 2 heterocycles. The summed E-state index contributed by atoms with van der Waals surface area (Å²) in [4.78, 5) is 3.92. The first-order valence-corrected chi connectivity index (χ1v) is 5.67. The van der Waals surface area contributed by atoms with Crippen molar-refractivity contribution in [3.8, 4) is 5.82 Å². The Morgan fingerprint density at radius 2 is 1.95 bits per heavy atom. The molecule has 0 aliphatic rings. The highest BCUT2D eigenvalue weighted by molar-refractivity contribution is 5.79. The second-order valence-corrected chi connectivity index (χ2v) is 3.99. The molecule has 0 atom stereocenters. The Balaban J connectivity index is 2.27. The van der Waals surface area contributed by atoms with Crippen molar-refractivity contribution < 1.29 is 8.78 Å². The molecule has 4 nitrogen and oxygen atoms in total. The smallest absolute Gasteiger partial charge is 0.192 e. The fourth-order valence-corrected chi connectivity index (χ4v) is 1.92. The lowest BCUT2D eigenvalue weighted by Crippen LogP contribution is -2.07. The maximum Gasteiger partial charge on any atom is 0.192 e. The first-order chi connectivity index (χ1) is 9.20. The summed E-state index contributed by atoms with van der Waals surface area (Å²) >= 11 is 0. The van der Waals surface area contributed by atoms with Gasteiger partial charge in [-0.3, -0.25) is 0 Å². The zero-order valence-corrected chi connectivity index (χ0v) is 10.1. The lowest BCUT2D eigenvalue weighted by Gasteiger charge is -2.07. The predicted octanol–water partition coefficient (Wildman–Crippen LogP) is 2.74. The third-order valence-electron chi connectivity index (χ3n) is 2.83. The minimum atomic E-state index is -0.759. The molecule has 96 valence electrons. The van der Waals surface area contributed by atoms with Gasteiger partial charge in [0.25, 0.3) is 0 Å². The van der Waals surface area contributed by atoms with Crippen LogP contribution >= 0.6 is 0 Å². The Morgan fingerprint density at radius 1 is 1.16 bits per heavy atom. The Morgan fingerprint density at radius 3 is 2.74 bits per heavy atom. The monoisotopic (exact) mass is 260 g/mol. The molecule has 0 aliphatic carbocycles. The van der Waals surface area contributed by atoms with Crippen molar-refractivity contribution >= 4 is 16.7 Å². The molecule has 0 saturated heterocycles. The molecule has 0 saturated carbocycles. The molecule has 3 aromatic rings. The van der Waals surface area contributed by atoms with Crippen LogP contribution in [0, 0.1) is 11.6 Å². The Labute approximate surface area is 107 Å². The topological polar surface area (TPSA) is 42.7 Å². The number of hydrogen-bond donors (Lipinski definition) is 1. The average Bonchev–Trinajstić information content (AvgIpc) is 2.83. The SMILES string of the molecule is CNc1nc(-n2ncc3ccccc32)c(F)cc1F. The van der Waals surface area contributed by atoms with E-state index in [2.05, 4.69) is 15.4 Å². The first kappa shape index (κ1) is 11.6. The number of fused-ring (bicyclic) bond motifs is 1. The fourth-order valence-electron chi connectivity index (χ4n) is 1.92. The lowest BCUT2D eigenvalue weighted by molar-refractivity contribution is 0.565. The van der Waals surface area contributed by atoms with E-state index in [9.17, 15) is 8.78 Å². The van der Waals surface area contributed by atoms with Crippen LogP contribution in [-0.4, -0.2) is 21.8 Å². The predicted molar refractivity (Wildman–Crippen MR) is 68.3 cm³/mol. The number of benzene rings is 1. The van der Waals surface area contributed by atoms with Crippen LogP contribution in [0.1, 0.15) is 0 Å². The van der Waals surface area contributed by atoms with Crippen LogP contribution in [-0.2, 0) is 0 Å². The molecule has 3 rings (SSSR count). The van der Waals surface area contributed by atoms with Gasteiger partial charge in [-0.05, 0) is 6.07 Å². The summed E-state index contributed by atoms with van der Waals surface area (Å²) in [5, 5.41) is 7.53. The van der Waals surface area contributed by atoms with E-state index in [1.54, 1.807) is 12.3 Å². The zero-order valence-electron chi connectivity index (χ0n) is 10.1. The van der Waals surface area contributed by atoms with Gasteiger partial charge in [-0.2, -0.15) is 5.10 Å². The molecule has 0 amide bonds. The van der Waals surface area contributed by atoms with Crippen LogP contribution < -0.4 is 5.32 Å². The number of halogens is 2. The van der Waals surface area contributed by atoms with Gasteiger partial charge in [0.05, 0.1) is 11.7 Å². The van der Waals surface area contributed by atoms with Gasteiger partial charge in [0.1, 0.15) is 0 Å². The van der Waals surface area contributed by atoms with Crippen molar-refractivity contribution in [3.63, 3.8) is 0 Å². The summed E-state index contributed by atoms with van der Waals surface area (Å²) < 4.78 is 28.6. The van der Waals surface area contributed by atoms with E-state index in [4.69, 9.17) is 0 Å². The Kier molecular flexibility index (Phi) is 2.63. The minimum Gasteiger partial charge on any atom is -0.371 e. The summed E-state index contributed by atoms with van der Waals surface area (Å²) in [5.41, 5.74) is 0.711. The highest BCUT2D eigenvalue weighted by Crippen LogP contribution is 2.21. The maximum atomic E-state index is 13.9. The van der Waals surface area contributed by atoms with E-state index in [0.29, 0.717) is 5.52 Å². The standard InChI is InChI=1S/C13H10F2N4/c1-16-12-9(14)6-10(15)13(18-12)19-11-5-3-2-4-8(11)7-17-19/h2-7H,1H3,(H,16,18). The number of pyridine rings is 1.